The number of nitrogens with zero attached hydrogens (tertiary/aromatic N) is 2. The summed E-state index contributed by atoms with van der Waals surface area (Å²) >= 11 is 5.88. The Balaban J connectivity index is 2.20. The number of benzene rings is 1. The molecule has 2 N–H and O–H groups in total. The van der Waals surface area contributed by atoms with Crippen LogP contribution in [0.25, 0.3) is 5.57 Å². The molecule has 1 heterocycles. The van der Waals surface area contributed by atoms with Crippen LogP contribution in [0.1, 0.15) is 28.7 Å². The minimum atomic E-state index is -0.299. The van der Waals surface area contributed by atoms with Crippen LogP contribution in [0.2, 0.25) is 5.02 Å². The lowest BCUT2D eigenvalue weighted by atomic mass is 10.1. The monoisotopic (exact) mass is 276 g/mol. The van der Waals surface area contributed by atoms with Gasteiger partial charge < -0.3 is 0 Å². The fraction of sp³-hybridized carbons (Fsp3) is 0.154. The fourth-order valence-corrected chi connectivity index (χ4v) is 1.69. The molecule has 0 bridgehead atoms. The summed E-state index contributed by atoms with van der Waals surface area (Å²) in [4.78, 5) is 16.2. The number of carbonyl (C=O) groups is 1. The van der Waals surface area contributed by atoms with Gasteiger partial charge in [-0.25, -0.2) is 0 Å². The Morgan fingerprint density at radius 2 is 2.21 bits per heavy atom. The number of hydrogen-bond acceptors (Lipinski definition) is 3. The molecule has 2 aromatic rings. The van der Waals surface area contributed by atoms with E-state index in [0.29, 0.717) is 16.4 Å². The summed E-state index contributed by atoms with van der Waals surface area (Å²) in [6, 6.07) is 5.13. The number of amides is 1. The van der Waals surface area contributed by atoms with Crippen molar-refractivity contribution in [1.82, 2.24) is 15.2 Å². The number of allylic oxidation sites excluding steroid dienone is 1. The van der Waals surface area contributed by atoms with E-state index in [1.165, 1.54) is 0 Å². The van der Waals surface area contributed by atoms with Crippen molar-refractivity contribution in [3.05, 3.63) is 46.8 Å². The number of halogens is 1. The van der Waals surface area contributed by atoms with Crippen molar-refractivity contribution in [2.45, 2.75) is 13.8 Å². The van der Waals surface area contributed by atoms with Crippen LogP contribution in [-0.4, -0.2) is 21.1 Å². The summed E-state index contributed by atoms with van der Waals surface area (Å²) in [7, 11) is 0. The van der Waals surface area contributed by atoms with Crippen LogP contribution in [0.3, 0.4) is 0 Å². The Bertz CT molecular complexity index is 648. The lowest BCUT2D eigenvalue weighted by Gasteiger charge is -2.05. The normalized spacial score (nSPS) is 10.3. The molecule has 1 amide bonds. The highest BCUT2D eigenvalue weighted by molar-refractivity contribution is 6.31. The van der Waals surface area contributed by atoms with Gasteiger partial charge in [-0.1, -0.05) is 24.2 Å². The third kappa shape index (κ3) is 3.00. The number of carbonyl (C=O) groups excluding carboxylic acids is 1. The lowest BCUT2D eigenvalue weighted by molar-refractivity contribution is 0.102. The molecule has 0 saturated carbocycles. The van der Waals surface area contributed by atoms with E-state index in [-0.39, 0.29) is 11.9 Å². The van der Waals surface area contributed by atoms with Gasteiger partial charge in [0.15, 0.2) is 5.82 Å². The zero-order chi connectivity index (χ0) is 14.0. The first-order valence-electron chi connectivity index (χ1n) is 5.63. The Kier molecular flexibility index (Phi) is 3.66. The number of H-pyrrole nitrogens is 1. The number of aromatic nitrogens is 3. The van der Waals surface area contributed by atoms with E-state index < -0.39 is 0 Å². The molecule has 2 rings (SSSR count). The van der Waals surface area contributed by atoms with Crippen LogP contribution < -0.4 is 5.32 Å². The Morgan fingerprint density at radius 3 is 2.84 bits per heavy atom. The van der Waals surface area contributed by atoms with Crippen LogP contribution in [0.15, 0.2) is 24.8 Å². The van der Waals surface area contributed by atoms with Gasteiger partial charge in [0.05, 0.1) is 0 Å². The minimum Gasteiger partial charge on any atom is -0.289 e. The van der Waals surface area contributed by atoms with E-state index >= 15 is 0 Å². The third-order valence-electron chi connectivity index (χ3n) is 2.56. The molecule has 1 aromatic heterocycles. The molecule has 6 heteroatoms. The first-order chi connectivity index (χ1) is 8.97. The third-order valence-corrected chi connectivity index (χ3v) is 2.79. The highest BCUT2D eigenvalue weighted by Crippen LogP contribution is 2.16. The molecule has 98 valence electrons. The van der Waals surface area contributed by atoms with Gasteiger partial charge in [0.25, 0.3) is 5.91 Å². The number of nitrogens with one attached hydrogen (secondary N) is 2. The van der Waals surface area contributed by atoms with Gasteiger partial charge in [-0.3, -0.25) is 15.2 Å². The van der Waals surface area contributed by atoms with Gasteiger partial charge in [0, 0.05) is 10.6 Å². The maximum atomic E-state index is 12.1. The summed E-state index contributed by atoms with van der Waals surface area (Å²) in [6.45, 7) is 7.37. The smallest absolute Gasteiger partial charge is 0.258 e. The van der Waals surface area contributed by atoms with Crippen LogP contribution >= 0.6 is 11.6 Å². The van der Waals surface area contributed by atoms with Crippen LogP contribution in [0.5, 0.6) is 0 Å². The first kappa shape index (κ1) is 13.3. The van der Waals surface area contributed by atoms with Crippen molar-refractivity contribution >= 4 is 29.0 Å². The van der Waals surface area contributed by atoms with Crippen molar-refractivity contribution in [2.75, 3.05) is 5.32 Å². The molecular formula is C13H13ClN4O. The van der Waals surface area contributed by atoms with Crippen molar-refractivity contribution in [3.63, 3.8) is 0 Å². The molecule has 0 unspecified atom stereocenters. The van der Waals surface area contributed by atoms with Crippen molar-refractivity contribution in [1.29, 1.82) is 0 Å². The van der Waals surface area contributed by atoms with Gasteiger partial charge in [0.2, 0.25) is 5.95 Å². The second kappa shape index (κ2) is 5.24. The maximum absolute atomic E-state index is 12.1. The van der Waals surface area contributed by atoms with Crippen LogP contribution in [0.4, 0.5) is 5.95 Å². The van der Waals surface area contributed by atoms with Gasteiger partial charge >= 0.3 is 0 Å². The number of rotatable bonds is 3. The van der Waals surface area contributed by atoms with E-state index in [9.17, 15) is 4.79 Å². The summed E-state index contributed by atoms with van der Waals surface area (Å²) in [6.07, 6.45) is 0. The fourth-order valence-electron chi connectivity index (χ4n) is 1.52. The average Bonchev–Trinajstić information content (AvgIpc) is 2.80. The lowest BCUT2D eigenvalue weighted by Crippen LogP contribution is -2.14. The zero-order valence-corrected chi connectivity index (χ0v) is 11.4. The number of hydrogen-bond donors (Lipinski definition) is 2. The molecule has 0 radical (unpaired) electrons. The molecule has 0 spiro atoms. The summed E-state index contributed by atoms with van der Waals surface area (Å²) in [5.74, 6) is 0.452. The summed E-state index contributed by atoms with van der Waals surface area (Å²) < 4.78 is 0. The Labute approximate surface area is 115 Å². The second-order valence-corrected chi connectivity index (χ2v) is 4.64. The van der Waals surface area contributed by atoms with Crippen molar-refractivity contribution in [2.24, 2.45) is 0 Å². The van der Waals surface area contributed by atoms with E-state index in [1.807, 2.05) is 6.92 Å². The van der Waals surface area contributed by atoms with E-state index in [0.717, 1.165) is 11.1 Å². The topological polar surface area (TPSA) is 70.7 Å². The Morgan fingerprint density at radius 1 is 1.47 bits per heavy atom. The SMILES string of the molecule is C=C(C)c1nc(NC(=O)c2cc(Cl)ccc2C)n[nH]1. The molecular weight excluding hydrogens is 264 g/mol. The predicted molar refractivity (Wildman–Crippen MR) is 75.2 cm³/mol. The second-order valence-electron chi connectivity index (χ2n) is 4.20. The van der Waals surface area contributed by atoms with Gasteiger partial charge in [-0.2, -0.15) is 4.98 Å². The molecule has 0 atom stereocenters. The molecule has 19 heavy (non-hydrogen) atoms. The highest BCUT2D eigenvalue weighted by atomic mass is 35.5. The molecule has 5 nitrogen and oxygen atoms in total. The zero-order valence-electron chi connectivity index (χ0n) is 10.6. The quantitative estimate of drug-likeness (QED) is 0.905. The van der Waals surface area contributed by atoms with Crippen LogP contribution in [-0.2, 0) is 0 Å². The Hall–Kier alpha value is -2.14. The number of aryl methyl sites for hydroxylation is 1. The molecule has 0 aliphatic heterocycles. The highest BCUT2D eigenvalue weighted by Gasteiger charge is 2.12. The van der Waals surface area contributed by atoms with Gasteiger partial charge in [-0.05, 0) is 37.1 Å². The summed E-state index contributed by atoms with van der Waals surface area (Å²) in [5.41, 5.74) is 2.07. The molecule has 0 aliphatic rings. The minimum absolute atomic E-state index is 0.211. The number of anilines is 1. The van der Waals surface area contributed by atoms with Crippen molar-refractivity contribution in [3.8, 4) is 0 Å². The summed E-state index contributed by atoms with van der Waals surface area (Å²) in [5, 5.41) is 9.70. The van der Waals surface area contributed by atoms with E-state index in [4.69, 9.17) is 11.6 Å². The average molecular weight is 277 g/mol. The molecule has 0 fully saturated rings. The van der Waals surface area contributed by atoms with E-state index in [1.54, 1.807) is 25.1 Å². The standard InChI is InChI=1S/C13H13ClN4O/c1-7(2)11-15-13(18-17-11)16-12(19)10-6-9(14)5-4-8(10)3/h4-6H,1H2,2-3H3,(H2,15,16,17,18,19). The largest absolute Gasteiger partial charge is 0.289 e. The first-order valence-corrected chi connectivity index (χ1v) is 6.01. The van der Waals surface area contributed by atoms with Crippen molar-refractivity contribution < 1.29 is 4.79 Å². The molecule has 1 aromatic carbocycles. The van der Waals surface area contributed by atoms with Crippen LogP contribution in [0, 0.1) is 6.92 Å². The molecule has 0 aliphatic carbocycles. The maximum Gasteiger partial charge on any atom is 0.258 e. The van der Waals surface area contributed by atoms with Gasteiger partial charge in [-0.15, -0.1) is 5.10 Å². The molecule has 0 saturated heterocycles. The predicted octanol–water partition coefficient (Wildman–Crippen LogP) is 3.05. The van der Waals surface area contributed by atoms with Gasteiger partial charge in [0.1, 0.15) is 0 Å². The number of aromatic amines is 1. The van der Waals surface area contributed by atoms with E-state index in [2.05, 4.69) is 27.1 Å².